The first-order valence-electron chi connectivity index (χ1n) is 8.65. The number of hydrogen-bond donors (Lipinski definition) is 0. The van der Waals surface area contributed by atoms with Crippen molar-refractivity contribution >= 4 is 22.1 Å². The Labute approximate surface area is 147 Å². The summed E-state index contributed by atoms with van der Waals surface area (Å²) < 4.78 is 10.4. The molecule has 25 heavy (non-hydrogen) atoms. The topological polar surface area (TPSA) is 34.8 Å². The van der Waals surface area contributed by atoms with Gasteiger partial charge in [-0.25, -0.2) is 14.1 Å². The minimum absolute atomic E-state index is 0.0443. The number of benzene rings is 2. The Morgan fingerprint density at radius 3 is 2.52 bits per heavy atom. The lowest BCUT2D eigenvalue weighted by Gasteiger charge is -2.18. The third-order valence-electron chi connectivity index (χ3n) is 4.77. The maximum Gasteiger partial charge on any atom is 0.290 e. The summed E-state index contributed by atoms with van der Waals surface area (Å²) >= 11 is 0. The summed E-state index contributed by atoms with van der Waals surface area (Å²) in [6.07, 6.45) is 0. The van der Waals surface area contributed by atoms with Gasteiger partial charge >= 0.3 is 0 Å². The van der Waals surface area contributed by atoms with E-state index < -0.39 is 0 Å². The van der Waals surface area contributed by atoms with Crippen LogP contribution in [-0.4, -0.2) is 9.55 Å². The summed E-state index contributed by atoms with van der Waals surface area (Å²) in [6.45, 7) is 10.8. The average molecular weight is 334 g/mol. The molecule has 0 radical (unpaired) electrons. The van der Waals surface area contributed by atoms with Gasteiger partial charge < -0.3 is 4.42 Å². The molecule has 4 nitrogen and oxygen atoms in total. The van der Waals surface area contributed by atoms with Gasteiger partial charge in [0.25, 0.3) is 5.82 Å². The fourth-order valence-corrected chi connectivity index (χ4v) is 3.73. The number of rotatable bonds is 1. The first-order valence-corrected chi connectivity index (χ1v) is 8.65. The Kier molecular flexibility index (Phi) is 3.29. The largest absolute Gasteiger partial charge is 0.441 e. The summed E-state index contributed by atoms with van der Waals surface area (Å²) in [4.78, 5) is 4.53. The normalized spacial score (nSPS) is 12.4. The Morgan fingerprint density at radius 1 is 1.08 bits per heavy atom. The molecule has 4 aromatic rings. The molecule has 2 heterocycles. The van der Waals surface area contributed by atoms with E-state index in [2.05, 4.69) is 85.3 Å². The number of para-hydroxylation sites is 2. The zero-order valence-electron chi connectivity index (χ0n) is 15.7. The molecule has 0 unspecified atom stereocenters. The molecule has 0 fully saturated rings. The summed E-state index contributed by atoms with van der Waals surface area (Å²) in [5.74, 6) is 1.89. The highest BCUT2D eigenvalue weighted by Gasteiger charge is 2.33. The molecular formula is C21H24N3O+. The van der Waals surface area contributed by atoms with Crippen LogP contribution in [0.25, 0.3) is 33.5 Å². The van der Waals surface area contributed by atoms with Crippen molar-refractivity contribution in [3.05, 3.63) is 47.9 Å². The highest BCUT2D eigenvalue weighted by atomic mass is 16.3. The average Bonchev–Trinajstić information content (AvgIpc) is 3.03. The van der Waals surface area contributed by atoms with Gasteiger partial charge in [-0.05, 0) is 57.5 Å². The molecule has 0 atom stereocenters. The van der Waals surface area contributed by atoms with E-state index in [0.29, 0.717) is 5.89 Å². The molecule has 2 aromatic heterocycles. The molecule has 0 amide bonds. The van der Waals surface area contributed by atoms with E-state index in [-0.39, 0.29) is 5.54 Å². The number of hydrogen-bond acceptors (Lipinski definition) is 2. The van der Waals surface area contributed by atoms with Crippen LogP contribution >= 0.6 is 0 Å². The molecule has 0 aliphatic heterocycles. The molecule has 0 bridgehead atoms. The molecule has 0 spiro atoms. The number of fused-ring (bicyclic) bond motifs is 2. The van der Waals surface area contributed by atoms with Crippen molar-refractivity contribution in [2.24, 2.45) is 7.05 Å². The smallest absolute Gasteiger partial charge is 0.290 e. The van der Waals surface area contributed by atoms with Crippen molar-refractivity contribution in [2.45, 2.75) is 40.2 Å². The first kappa shape index (κ1) is 15.9. The second kappa shape index (κ2) is 5.19. The third kappa shape index (κ3) is 2.36. The second-order valence-corrected chi connectivity index (χ2v) is 7.75. The van der Waals surface area contributed by atoms with Crippen molar-refractivity contribution in [3.63, 3.8) is 0 Å². The van der Waals surface area contributed by atoms with Crippen LogP contribution in [0.1, 0.15) is 32.2 Å². The SMILES string of the molecule is Cc1nc2cc(-c3n(C(C)(C)C)c4ccccc4[n+]3C)c(C)cc2o1. The standard InChI is InChI=1S/C21H24N3O/c1-13-11-19-16(22-14(2)25-19)12-15(13)20-23(6)17-9-7-8-10-18(17)24(20)21(3,4)5/h7-12H,1-6H3/q+1. The molecule has 4 heteroatoms. The number of nitrogens with zero attached hydrogens (tertiary/aromatic N) is 3. The van der Waals surface area contributed by atoms with Crippen LogP contribution in [0.15, 0.2) is 40.8 Å². The first-order chi connectivity index (χ1) is 11.8. The predicted molar refractivity (Wildman–Crippen MR) is 101 cm³/mol. The molecule has 2 aromatic carbocycles. The maximum atomic E-state index is 5.70. The van der Waals surface area contributed by atoms with E-state index in [4.69, 9.17) is 4.42 Å². The quantitative estimate of drug-likeness (QED) is 0.475. The molecule has 0 N–H and O–H groups in total. The van der Waals surface area contributed by atoms with Gasteiger partial charge in [0, 0.05) is 6.92 Å². The van der Waals surface area contributed by atoms with E-state index in [0.717, 1.165) is 11.1 Å². The molecule has 0 aliphatic rings. The minimum Gasteiger partial charge on any atom is -0.441 e. The summed E-state index contributed by atoms with van der Waals surface area (Å²) in [5, 5.41) is 0. The van der Waals surface area contributed by atoms with E-state index in [1.165, 1.54) is 28.0 Å². The predicted octanol–water partition coefficient (Wildman–Crippen LogP) is 4.65. The van der Waals surface area contributed by atoms with Gasteiger partial charge in [0.1, 0.15) is 11.1 Å². The highest BCUT2D eigenvalue weighted by Crippen LogP contribution is 2.33. The summed E-state index contributed by atoms with van der Waals surface area (Å²) in [5.41, 5.74) is 6.55. The number of oxazole rings is 1. The zero-order chi connectivity index (χ0) is 17.9. The van der Waals surface area contributed by atoms with Gasteiger partial charge in [-0.2, -0.15) is 0 Å². The van der Waals surface area contributed by atoms with Crippen LogP contribution in [0.5, 0.6) is 0 Å². The van der Waals surface area contributed by atoms with Gasteiger partial charge in [-0.1, -0.05) is 12.1 Å². The lowest BCUT2D eigenvalue weighted by molar-refractivity contribution is -0.634. The zero-order valence-corrected chi connectivity index (χ0v) is 15.7. The van der Waals surface area contributed by atoms with Crippen LogP contribution in [-0.2, 0) is 12.6 Å². The lowest BCUT2D eigenvalue weighted by atomic mass is 10.0. The Balaban J connectivity index is 2.14. The van der Waals surface area contributed by atoms with Crippen LogP contribution in [0, 0.1) is 13.8 Å². The molecule has 0 aliphatic carbocycles. The fraction of sp³-hybridized carbons (Fsp3) is 0.333. The van der Waals surface area contributed by atoms with Crippen LogP contribution in [0.2, 0.25) is 0 Å². The molecule has 0 saturated carbocycles. The van der Waals surface area contributed by atoms with Crippen LogP contribution in [0.3, 0.4) is 0 Å². The summed E-state index contributed by atoms with van der Waals surface area (Å²) in [6, 6.07) is 12.8. The summed E-state index contributed by atoms with van der Waals surface area (Å²) in [7, 11) is 2.14. The number of aryl methyl sites for hydroxylation is 3. The van der Waals surface area contributed by atoms with E-state index in [9.17, 15) is 0 Å². The Hall–Kier alpha value is -2.62. The van der Waals surface area contributed by atoms with Crippen molar-refractivity contribution in [1.29, 1.82) is 0 Å². The van der Waals surface area contributed by atoms with E-state index in [1.807, 2.05) is 6.92 Å². The fourth-order valence-electron chi connectivity index (χ4n) is 3.73. The third-order valence-corrected chi connectivity index (χ3v) is 4.77. The van der Waals surface area contributed by atoms with Crippen molar-refractivity contribution in [1.82, 2.24) is 9.55 Å². The van der Waals surface area contributed by atoms with Gasteiger partial charge in [0.2, 0.25) is 0 Å². The number of imidazole rings is 1. The van der Waals surface area contributed by atoms with Crippen molar-refractivity contribution in [3.8, 4) is 11.4 Å². The van der Waals surface area contributed by atoms with E-state index in [1.54, 1.807) is 0 Å². The number of aromatic nitrogens is 3. The second-order valence-electron chi connectivity index (χ2n) is 7.75. The van der Waals surface area contributed by atoms with E-state index >= 15 is 0 Å². The monoisotopic (exact) mass is 334 g/mol. The minimum atomic E-state index is -0.0443. The Bertz CT molecular complexity index is 1110. The van der Waals surface area contributed by atoms with Crippen molar-refractivity contribution in [2.75, 3.05) is 0 Å². The highest BCUT2D eigenvalue weighted by molar-refractivity contribution is 5.83. The molecule has 4 rings (SSSR count). The van der Waals surface area contributed by atoms with Crippen LogP contribution < -0.4 is 4.57 Å². The lowest BCUT2D eigenvalue weighted by Crippen LogP contribution is -2.33. The van der Waals surface area contributed by atoms with Crippen molar-refractivity contribution < 1.29 is 8.98 Å². The van der Waals surface area contributed by atoms with Gasteiger partial charge in [0.05, 0.1) is 12.6 Å². The molecule has 0 saturated heterocycles. The maximum absolute atomic E-state index is 5.70. The Morgan fingerprint density at radius 2 is 1.80 bits per heavy atom. The molecule has 128 valence electrons. The van der Waals surface area contributed by atoms with Gasteiger partial charge in [0.15, 0.2) is 22.5 Å². The van der Waals surface area contributed by atoms with Gasteiger partial charge in [-0.15, -0.1) is 0 Å². The van der Waals surface area contributed by atoms with Gasteiger partial charge in [-0.3, -0.25) is 0 Å². The molecular weight excluding hydrogens is 310 g/mol. The van der Waals surface area contributed by atoms with Crippen LogP contribution in [0.4, 0.5) is 0 Å².